The molecule has 0 fully saturated rings. The Bertz CT molecular complexity index is 455. The summed E-state index contributed by atoms with van der Waals surface area (Å²) in [5.41, 5.74) is 3.45. The summed E-state index contributed by atoms with van der Waals surface area (Å²) in [4.78, 5) is 6.58. The lowest BCUT2D eigenvalue weighted by molar-refractivity contribution is 0.638. The first-order valence-corrected chi connectivity index (χ1v) is 4.71. The van der Waals surface area contributed by atoms with Crippen LogP contribution in [0, 0.1) is 0 Å². The topological polar surface area (TPSA) is 15.6 Å². The summed E-state index contributed by atoms with van der Waals surface area (Å²) in [6.45, 7) is 0.934. The van der Waals surface area contributed by atoms with Crippen molar-refractivity contribution in [2.75, 3.05) is 6.54 Å². The van der Waals surface area contributed by atoms with Gasteiger partial charge >= 0.3 is 0 Å². The minimum atomic E-state index is 0.934. The molecule has 2 aliphatic heterocycles. The first-order valence-electron chi connectivity index (χ1n) is 4.71. The van der Waals surface area contributed by atoms with Crippen molar-refractivity contribution in [1.82, 2.24) is 4.90 Å². The van der Waals surface area contributed by atoms with Gasteiger partial charge < -0.3 is 4.90 Å². The second kappa shape index (κ2) is 2.84. The van der Waals surface area contributed by atoms with Crippen molar-refractivity contribution in [3.05, 3.63) is 47.7 Å². The van der Waals surface area contributed by atoms with E-state index in [9.17, 15) is 0 Å². The summed E-state index contributed by atoms with van der Waals surface area (Å²) in [6.07, 6.45) is 8.35. The molecule has 2 heterocycles. The van der Waals surface area contributed by atoms with Gasteiger partial charge in [0.2, 0.25) is 0 Å². The van der Waals surface area contributed by atoms with E-state index in [1.54, 1.807) is 0 Å². The fourth-order valence-corrected chi connectivity index (χ4v) is 1.75. The normalized spacial score (nSPS) is 17.4. The highest BCUT2D eigenvalue weighted by Crippen LogP contribution is 2.26. The first kappa shape index (κ1) is 7.56. The van der Waals surface area contributed by atoms with Crippen LogP contribution in [-0.2, 0) is 0 Å². The number of hydrogen-bond donors (Lipinski definition) is 0. The van der Waals surface area contributed by atoms with E-state index in [1.165, 1.54) is 11.3 Å². The molecule has 0 aromatic heterocycles. The Morgan fingerprint density at radius 2 is 2.14 bits per heavy atom. The van der Waals surface area contributed by atoms with Gasteiger partial charge in [-0.3, -0.25) is 0 Å². The molecule has 0 saturated carbocycles. The molecular formula is C12H10N2. The molecule has 0 saturated heterocycles. The zero-order valence-corrected chi connectivity index (χ0v) is 7.72. The maximum absolute atomic E-state index is 4.44. The van der Waals surface area contributed by atoms with Crippen molar-refractivity contribution in [2.45, 2.75) is 0 Å². The van der Waals surface area contributed by atoms with Gasteiger partial charge in [0.15, 0.2) is 0 Å². The average Bonchev–Trinajstić information content (AvgIpc) is 2.58. The lowest BCUT2D eigenvalue weighted by Crippen LogP contribution is -2.14. The van der Waals surface area contributed by atoms with Crippen molar-refractivity contribution in [3.63, 3.8) is 0 Å². The smallest absolute Gasteiger partial charge is 0.0960 e. The van der Waals surface area contributed by atoms with E-state index in [2.05, 4.69) is 34.2 Å². The molecule has 68 valence electrons. The maximum atomic E-state index is 4.44. The third-order valence-corrected chi connectivity index (χ3v) is 2.50. The van der Waals surface area contributed by atoms with Crippen LogP contribution < -0.4 is 0 Å². The summed E-state index contributed by atoms with van der Waals surface area (Å²) in [7, 11) is 0. The number of benzene rings is 1. The molecule has 0 bridgehead atoms. The van der Waals surface area contributed by atoms with Crippen LogP contribution >= 0.6 is 0 Å². The minimum absolute atomic E-state index is 0.934. The highest BCUT2D eigenvalue weighted by atomic mass is 15.2. The number of allylic oxidation sites excluding steroid dienone is 1. The molecule has 0 N–H and O–H groups in total. The van der Waals surface area contributed by atoms with E-state index in [1.807, 2.05) is 24.5 Å². The van der Waals surface area contributed by atoms with E-state index in [-0.39, 0.29) is 0 Å². The number of rotatable bonds is 0. The minimum Gasteiger partial charge on any atom is -0.329 e. The van der Waals surface area contributed by atoms with E-state index >= 15 is 0 Å². The highest BCUT2D eigenvalue weighted by Gasteiger charge is 2.12. The average molecular weight is 182 g/mol. The van der Waals surface area contributed by atoms with Crippen molar-refractivity contribution in [3.8, 4) is 0 Å². The largest absolute Gasteiger partial charge is 0.329 e. The maximum Gasteiger partial charge on any atom is 0.0960 e. The molecule has 2 heteroatoms. The molecule has 1 aromatic carbocycles. The molecule has 0 atom stereocenters. The van der Waals surface area contributed by atoms with Crippen molar-refractivity contribution < 1.29 is 0 Å². The van der Waals surface area contributed by atoms with Crippen LogP contribution in [0.15, 0.2) is 47.1 Å². The van der Waals surface area contributed by atoms with Gasteiger partial charge in [0.25, 0.3) is 0 Å². The summed E-state index contributed by atoms with van der Waals surface area (Å²) >= 11 is 0. The second-order valence-electron chi connectivity index (χ2n) is 3.43. The predicted molar refractivity (Wildman–Crippen MR) is 58.4 cm³/mol. The van der Waals surface area contributed by atoms with Gasteiger partial charge in [-0.05, 0) is 18.2 Å². The molecule has 14 heavy (non-hydrogen) atoms. The zero-order chi connectivity index (χ0) is 9.38. The molecule has 0 amide bonds. The van der Waals surface area contributed by atoms with Crippen LogP contribution in [0.4, 0.5) is 5.69 Å². The Hall–Kier alpha value is -1.83. The van der Waals surface area contributed by atoms with Crippen LogP contribution in [0.25, 0.3) is 6.08 Å². The van der Waals surface area contributed by atoms with Gasteiger partial charge in [-0.2, -0.15) is 0 Å². The first-order chi connectivity index (χ1) is 6.93. The fourth-order valence-electron chi connectivity index (χ4n) is 1.75. The molecule has 3 rings (SSSR count). The van der Waals surface area contributed by atoms with Gasteiger partial charge in [-0.1, -0.05) is 24.3 Å². The monoisotopic (exact) mass is 182 g/mol. The summed E-state index contributed by atoms with van der Waals surface area (Å²) < 4.78 is 0. The number of para-hydroxylation sites is 1. The van der Waals surface area contributed by atoms with Crippen molar-refractivity contribution in [2.24, 2.45) is 4.99 Å². The zero-order valence-electron chi connectivity index (χ0n) is 7.72. The number of hydrogen-bond acceptors (Lipinski definition) is 2. The van der Waals surface area contributed by atoms with Gasteiger partial charge in [0.1, 0.15) is 0 Å². The molecule has 2 nitrogen and oxygen atoms in total. The summed E-state index contributed by atoms with van der Waals surface area (Å²) in [5.74, 6) is 0. The highest BCUT2D eigenvalue weighted by molar-refractivity contribution is 5.78. The molecule has 0 spiro atoms. The van der Waals surface area contributed by atoms with Gasteiger partial charge in [0.05, 0.1) is 12.0 Å². The van der Waals surface area contributed by atoms with E-state index < -0.39 is 0 Å². The van der Waals surface area contributed by atoms with Crippen LogP contribution in [0.1, 0.15) is 5.56 Å². The Morgan fingerprint density at radius 1 is 1.21 bits per heavy atom. The van der Waals surface area contributed by atoms with E-state index in [0.717, 1.165) is 12.2 Å². The fraction of sp³-hybridized carbons (Fsp3) is 0.0833. The second-order valence-corrected chi connectivity index (χ2v) is 3.43. The van der Waals surface area contributed by atoms with Crippen LogP contribution in [0.2, 0.25) is 0 Å². The summed E-state index contributed by atoms with van der Waals surface area (Å²) in [5, 5.41) is 0. The van der Waals surface area contributed by atoms with E-state index in [4.69, 9.17) is 0 Å². The predicted octanol–water partition coefficient (Wildman–Crippen LogP) is 2.57. The standard InChI is InChI=1S/C12H10N2/c1-2-6-12-10(4-1)8-11-5-3-7-14(11)9-13-12/h1-6,8-9H,7H2. The Kier molecular flexibility index (Phi) is 1.53. The van der Waals surface area contributed by atoms with E-state index in [0.29, 0.717) is 0 Å². The van der Waals surface area contributed by atoms with Crippen LogP contribution in [0.5, 0.6) is 0 Å². The third-order valence-electron chi connectivity index (χ3n) is 2.50. The van der Waals surface area contributed by atoms with Gasteiger partial charge in [-0.15, -0.1) is 0 Å². The number of aliphatic imine (C=N–C) groups is 1. The Morgan fingerprint density at radius 3 is 3.14 bits per heavy atom. The molecule has 0 unspecified atom stereocenters. The van der Waals surface area contributed by atoms with Crippen molar-refractivity contribution in [1.29, 1.82) is 0 Å². The van der Waals surface area contributed by atoms with Crippen molar-refractivity contribution >= 4 is 18.1 Å². The van der Waals surface area contributed by atoms with Crippen LogP contribution in [0.3, 0.4) is 0 Å². The summed E-state index contributed by atoms with van der Waals surface area (Å²) in [6, 6.07) is 8.19. The number of nitrogens with zero attached hydrogens (tertiary/aromatic N) is 2. The molecule has 0 aliphatic carbocycles. The SMILES string of the molecule is C1=CC2=Cc3ccccc3N=CN2C1. The molecule has 2 aliphatic rings. The Balaban J connectivity index is 2.19. The number of fused-ring (bicyclic) bond motifs is 2. The lowest BCUT2D eigenvalue weighted by atomic mass is 10.1. The van der Waals surface area contributed by atoms with Crippen LogP contribution in [-0.4, -0.2) is 17.8 Å². The quantitative estimate of drug-likeness (QED) is 0.602. The lowest BCUT2D eigenvalue weighted by Gasteiger charge is -2.10. The molecular weight excluding hydrogens is 172 g/mol. The Labute approximate surface area is 82.9 Å². The van der Waals surface area contributed by atoms with Gasteiger partial charge in [0, 0.05) is 17.8 Å². The van der Waals surface area contributed by atoms with Gasteiger partial charge in [-0.25, -0.2) is 4.99 Å². The molecule has 1 aromatic rings. The third kappa shape index (κ3) is 1.08. The molecule has 0 radical (unpaired) electrons.